The van der Waals surface area contributed by atoms with Crippen molar-refractivity contribution >= 4 is 11.8 Å². The van der Waals surface area contributed by atoms with Gasteiger partial charge in [-0.25, -0.2) is 19.3 Å². The van der Waals surface area contributed by atoms with E-state index in [1.807, 2.05) is 0 Å². The molecule has 14 heteroatoms. The van der Waals surface area contributed by atoms with Gasteiger partial charge in [-0.2, -0.15) is 13.2 Å². The molecule has 1 atom stereocenters. The van der Waals surface area contributed by atoms with Crippen LogP contribution in [0.3, 0.4) is 0 Å². The van der Waals surface area contributed by atoms with Crippen LogP contribution in [0.1, 0.15) is 66.0 Å². The van der Waals surface area contributed by atoms with Gasteiger partial charge in [0.05, 0.1) is 31.4 Å². The summed E-state index contributed by atoms with van der Waals surface area (Å²) >= 11 is 0. The van der Waals surface area contributed by atoms with E-state index < -0.39 is 48.1 Å². The van der Waals surface area contributed by atoms with Crippen LogP contribution in [-0.2, 0) is 16.8 Å². The number of primary amides is 1. The second-order valence-electron chi connectivity index (χ2n) is 12.1. The fourth-order valence-electron chi connectivity index (χ4n) is 5.27. The molecule has 6 rings (SSSR count). The van der Waals surface area contributed by atoms with Crippen molar-refractivity contribution in [2.24, 2.45) is 5.73 Å². The molecule has 0 aliphatic heterocycles. The molecule has 4 aromatic rings. The number of benzene rings is 2. The van der Waals surface area contributed by atoms with E-state index in [0.717, 1.165) is 49.7 Å². The maximum absolute atomic E-state index is 14.8. The van der Waals surface area contributed by atoms with Crippen molar-refractivity contribution < 1.29 is 41.7 Å². The molecule has 0 unspecified atom stereocenters. The number of aliphatic hydroxyl groups is 1. The van der Waals surface area contributed by atoms with E-state index in [-0.39, 0.29) is 40.8 Å². The van der Waals surface area contributed by atoms with Crippen LogP contribution in [0, 0.1) is 5.82 Å². The lowest BCUT2D eigenvalue weighted by Crippen LogP contribution is -2.51. The highest BCUT2D eigenvalue weighted by molar-refractivity contribution is 5.96. The summed E-state index contributed by atoms with van der Waals surface area (Å²) in [6.45, 7) is 0.318. The second kappa shape index (κ2) is 13.4. The number of hydrogen-bond donors (Lipinski definition) is 3. The summed E-state index contributed by atoms with van der Waals surface area (Å²) in [5, 5.41) is 13.5. The number of pyridine rings is 1. The Morgan fingerprint density at radius 3 is 2.29 bits per heavy atom. The van der Waals surface area contributed by atoms with Crippen molar-refractivity contribution in [2.75, 3.05) is 13.2 Å². The Kier molecular flexibility index (Phi) is 9.25. The van der Waals surface area contributed by atoms with Crippen molar-refractivity contribution in [3.63, 3.8) is 0 Å². The van der Waals surface area contributed by atoms with Gasteiger partial charge >= 0.3 is 6.18 Å². The summed E-state index contributed by atoms with van der Waals surface area (Å²) in [4.78, 5) is 38.4. The number of ether oxygens (including phenoxy) is 2. The monoisotopic (exact) mass is 679 g/mol. The van der Waals surface area contributed by atoms with Crippen LogP contribution < -0.4 is 20.5 Å². The van der Waals surface area contributed by atoms with E-state index in [0.29, 0.717) is 22.8 Å². The second-order valence-corrected chi connectivity index (χ2v) is 12.1. The number of aromatic nitrogens is 3. The predicted molar refractivity (Wildman–Crippen MR) is 169 cm³/mol. The highest BCUT2D eigenvalue weighted by atomic mass is 19.4. The van der Waals surface area contributed by atoms with Gasteiger partial charge < -0.3 is 25.6 Å². The molecule has 10 nitrogen and oxygen atoms in total. The van der Waals surface area contributed by atoms with Gasteiger partial charge in [0.1, 0.15) is 28.8 Å². The third-order valence-electron chi connectivity index (χ3n) is 8.20. The summed E-state index contributed by atoms with van der Waals surface area (Å²) in [7, 11) is 0. The Hall–Kier alpha value is -5.11. The van der Waals surface area contributed by atoms with Gasteiger partial charge in [-0.05, 0) is 81.1 Å². The third kappa shape index (κ3) is 7.48. The van der Waals surface area contributed by atoms with Crippen LogP contribution in [0.5, 0.6) is 11.5 Å². The maximum atomic E-state index is 14.8. The van der Waals surface area contributed by atoms with Gasteiger partial charge in [-0.15, -0.1) is 0 Å². The largest absolute Gasteiger partial charge is 0.491 e. The van der Waals surface area contributed by atoms with Gasteiger partial charge in [0.2, 0.25) is 11.5 Å². The first-order valence-electron chi connectivity index (χ1n) is 15.8. The number of hydrogen-bond acceptors (Lipinski definition) is 8. The number of carbonyl (C=O) groups excluding carboxylic acids is 2. The van der Waals surface area contributed by atoms with Gasteiger partial charge in [0.15, 0.2) is 0 Å². The molecule has 2 saturated carbocycles. The minimum absolute atomic E-state index is 0.00462. The minimum Gasteiger partial charge on any atom is -0.491 e. The van der Waals surface area contributed by atoms with E-state index >= 15 is 0 Å². The third-order valence-corrected chi connectivity index (χ3v) is 8.20. The molecule has 2 aromatic carbocycles. The lowest BCUT2D eigenvalue weighted by atomic mass is 9.93. The van der Waals surface area contributed by atoms with E-state index in [2.05, 4.69) is 20.3 Å². The molecular weight excluding hydrogens is 646 g/mol. The average Bonchev–Trinajstić information content (AvgIpc) is 4.00. The highest BCUT2D eigenvalue weighted by Gasteiger charge is 2.57. The Bertz CT molecular complexity index is 1860. The Morgan fingerprint density at radius 1 is 1.00 bits per heavy atom. The lowest BCUT2D eigenvalue weighted by Gasteiger charge is -2.31. The van der Waals surface area contributed by atoms with Crippen LogP contribution in [0.15, 0.2) is 60.9 Å². The van der Waals surface area contributed by atoms with Gasteiger partial charge in [0, 0.05) is 46.1 Å². The number of amides is 2. The van der Waals surface area contributed by atoms with Crippen LogP contribution >= 0.6 is 0 Å². The Morgan fingerprint density at radius 2 is 1.69 bits per heavy atom. The van der Waals surface area contributed by atoms with E-state index in [1.165, 1.54) is 24.3 Å². The molecule has 0 bridgehead atoms. The first-order valence-corrected chi connectivity index (χ1v) is 15.8. The Labute approximate surface area is 278 Å². The number of nitrogens with zero attached hydrogens (tertiary/aromatic N) is 3. The highest BCUT2D eigenvalue weighted by Crippen LogP contribution is 2.43. The molecule has 2 aromatic heterocycles. The number of nitrogens with two attached hydrogens (primary N) is 1. The van der Waals surface area contributed by atoms with E-state index in [9.17, 15) is 32.3 Å². The molecule has 0 saturated heterocycles. The van der Waals surface area contributed by atoms with Crippen molar-refractivity contribution in [3.8, 4) is 33.9 Å². The fourth-order valence-corrected chi connectivity index (χ4v) is 5.27. The molecule has 2 heterocycles. The molecule has 4 N–H and O–H groups in total. The quantitative estimate of drug-likeness (QED) is 0.160. The molecule has 256 valence electrons. The predicted octanol–water partition coefficient (Wildman–Crippen LogP) is 5.37. The van der Waals surface area contributed by atoms with E-state index in [4.69, 9.17) is 15.2 Å². The zero-order valence-corrected chi connectivity index (χ0v) is 26.4. The molecule has 2 fully saturated rings. The van der Waals surface area contributed by atoms with Crippen molar-refractivity contribution in [1.29, 1.82) is 0 Å². The first-order chi connectivity index (χ1) is 23.4. The smallest absolute Gasteiger partial charge is 0.424 e. The first kappa shape index (κ1) is 33.8. The van der Waals surface area contributed by atoms with Gasteiger partial charge in [0.25, 0.3) is 5.91 Å². The molecule has 0 spiro atoms. The Balaban J connectivity index is 1.34. The molecule has 2 aliphatic rings. The van der Waals surface area contributed by atoms with Crippen LogP contribution in [0.2, 0.25) is 0 Å². The number of carbonyl (C=O) groups is 2. The number of alkyl halides is 3. The molecule has 2 amide bonds. The summed E-state index contributed by atoms with van der Waals surface area (Å²) < 4.78 is 69.8. The summed E-state index contributed by atoms with van der Waals surface area (Å²) in [6, 6.07) is 10.0. The fraction of sp³-hybridized carbons (Fsp3) is 0.343. The number of nitrogens with one attached hydrogen (secondary N) is 1. The van der Waals surface area contributed by atoms with Crippen molar-refractivity contribution in [3.05, 3.63) is 89.4 Å². The average molecular weight is 680 g/mol. The molecule has 0 radical (unpaired) electrons. The molecule has 2 aliphatic carbocycles. The number of rotatable bonds is 13. The van der Waals surface area contributed by atoms with Crippen molar-refractivity contribution in [1.82, 2.24) is 20.3 Å². The maximum Gasteiger partial charge on any atom is 0.424 e. The number of halogens is 4. The van der Waals surface area contributed by atoms with Crippen LogP contribution in [-0.4, -0.2) is 57.3 Å². The van der Waals surface area contributed by atoms with Gasteiger partial charge in [-0.3, -0.25) is 9.59 Å². The zero-order chi connectivity index (χ0) is 34.9. The lowest BCUT2D eigenvalue weighted by molar-refractivity contribution is -0.265. The normalized spacial score (nSPS) is 15.7. The molecule has 49 heavy (non-hydrogen) atoms. The SMILES string of the molecule is CCOc1c(CC(N)=O)cc([C@@](O)(CNC(=O)c2ccc(OC3CC3)c(-c3cnc(C4CC4)nc3)c2)C(F)(F)F)nc1-c1ccc(F)cc1. The van der Waals surface area contributed by atoms with Crippen LogP contribution in [0.4, 0.5) is 17.6 Å². The molecular formula is C35H33F4N5O5. The standard InChI is InChI=1S/C35H33F4N5O5/c1-2-48-31-22(15-29(40)45)14-28(44-30(31)19-5-8-24(36)9-6-19)34(47,35(37,38)39)18-43-33(46)21-7-12-27(49-25-10-11-25)26(13-21)23-16-41-32(42-17-23)20-3-4-20/h5-9,12-14,16-17,20,25,47H,2-4,10-11,15,18H2,1H3,(H2,40,45)(H,43,46)/t34-/m0/s1. The summed E-state index contributed by atoms with van der Waals surface area (Å²) in [5.74, 6) is -0.947. The topological polar surface area (TPSA) is 150 Å². The van der Waals surface area contributed by atoms with Crippen LogP contribution in [0.25, 0.3) is 22.4 Å². The minimum atomic E-state index is -5.36. The van der Waals surface area contributed by atoms with E-state index in [1.54, 1.807) is 25.4 Å². The zero-order valence-electron chi connectivity index (χ0n) is 26.4. The van der Waals surface area contributed by atoms with Crippen molar-refractivity contribution in [2.45, 2.75) is 62.8 Å². The van der Waals surface area contributed by atoms with Gasteiger partial charge in [-0.1, -0.05) is 0 Å². The summed E-state index contributed by atoms with van der Waals surface area (Å²) in [5.41, 5.74) is 1.67. The summed E-state index contributed by atoms with van der Waals surface area (Å²) in [6.07, 6.45) is 1.13.